The fourth-order valence-corrected chi connectivity index (χ4v) is 7.47. The Bertz CT molecular complexity index is 1760. The maximum absolute atomic E-state index is 12.5. The van der Waals surface area contributed by atoms with Crippen LogP contribution < -0.4 is 9.88 Å². The molecular weight excluding hydrogens is 568 g/mol. The average molecular weight is 610 g/mol. The lowest BCUT2D eigenvalue weighted by molar-refractivity contribution is -0.699. The van der Waals surface area contributed by atoms with Crippen LogP contribution in [0.15, 0.2) is 67.5 Å². The molecule has 45 heavy (non-hydrogen) atoms. The van der Waals surface area contributed by atoms with Crippen molar-refractivity contribution in [1.82, 2.24) is 24.3 Å². The first-order valence-corrected chi connectivity index (χ1v) is 16.1. The van der Waals surface area contributed by atoms with Gasteiger partial charge in [0.2, 0.25) is 6.33 Å². The van der Waals surface area contributed by atoms with E-state index in [1.54, 1.807) is 4.90 Å². The molecule has 4 unspecified atom stereocenters. The second kappa shape index (κ2) is 10.5. The van der Waals surface area contributed by atoms with Gasteiger partial charge in [0.25, 0.3) is 0 Å². The molecule has 8 rings (SSSR count). The van der Waals surface area contributed by atoms with E-state index < -0.39 is 11.7 Å². The molecule has 4 atom stereocenters. The van der Waals surface area contributed by atoms with Crippen LogP contribution in [0.2, 0.25) is 0 Å². The van der Waals surface area contributed by atoms with Crippen molar-refractivity contribution in [3.63, 3.8) is 0 Å². The standard InChI is InChI=1S/C35H41N6O4/c1-35(2,3)45-34(44)38-16-22(17-38)33(43)11-28-24-6-4-5-7-25(24)31-18-39(20-41(28)31)23-8-9-26-27(10-23)29(40-19-37-15-30(26)40)12-32(42)21-13-36-14-21/h4-10,15,18-22,28-29,32-33,36,42-43H,11-14,16-17H2,1-3H3/q+1. The van der Waals surface area contributed by atoms with Crippen molar-refractivity contribution in [2.75, 3.05) is 26.2 Å². The van der Waals surface area contributed by atoms with Gasteiger partial charge >= 0.3 is 6.09 Å². The molecule has 2 aromatic carbocycles. The van der Waals surface area contributed by atoms with Crippen molar-refractivity contribution < 1.29 is 24.3 Å². The summed E-state index contributed by atoms with van der Waals surface area (Å²) in [5.41, 5.74) is 7.50. The van der Waals surface area contributed by atoms with Gasteiger partial charge in [0, 0.05) is 61.1 Å². The van der Waals surface area contributed by atoms with Crippen molar-refractivity contribution in [3.8, 4) is 28.2 Å². The van der Waals surface area contributed by atoms with Gasteiger partial charge in [-0.3, -0.25) is 0 Å². The highest BCUT2D eigenvalue weighted by Gasteiger charge is 2.42. The minimum Gasteiger partial charge on any atom is -0.444 e. The van der Waals surface area contributed by atoms with Gasteiger partial charge in [-0.1, -0.05) is 24.3 Å². The molecule has 0 radical (unpaired) electrons. The Morgan fingerprint density at radius 2 is 1.82 bits per heavy atom. The molecule has 4 aliphatic rings. The molecule has 0 aliphatic carbocycles. The third-order valence-electron chi connectivity index (χ3n) is 10.1. The predicted octanol–water partition coefficient (Wildman–Crippen LogP) is 3.69. The summed E-state index contributed by atoms with van der Waals surface area (Å²) in [6.07, 6.45) is 8.10. The maximum Gasteiger partial charge on any atom is 0.410 e. The number of nitrogens with zero attached hydrogens (tertiary/aromatic N) is 5. The second-order valence-electron chi connectivity index (χ2n) is 14.2. The first kappa shape index (κ1) is 28.5. The normalized spacial score (nSPS) is 21.8. The number of likely N-dealkylation sites (tertiary alicyclic amines) is 1. The molecular formula is C35H41N6O4+. The number of hydrogen-bond acceptors (Lipinski definition) is 6. The van der Waals surface area contributed by atoms with Crippen LogP contribution in [0.3, 0.4) is 0 Å². The van der Waals surface area contributed by atoms with Gasteiger partial charge < -0.3 is 29.7 Å². The number of hydrogen-bond donors (Lipinski definition) is 3. The van der Waals surface area contributed by atoms with E-state index in [4.69, 9.17) is 4.74 Å². The average Bonchev–Trinajstić information content (AvgIpc) is 3.69. The number of carbonyl (C=O) groups excluding carboxylic acids is 1. The molecule has 0 saturated carbocycles. The monoisotopic (exact) mass is 609 g/mol. The van der Waals surface area contributed by atoms with Crippen molar-refractivity contribution in [2.45, 2.75) is 63.5 Å². The highest BCUT2D eigenvalue weighted by molar-refractivity contribution is 5.71. The van der Waals surface area contributed by atoms with Crippen molar-refractivity contribution in [3.05, 3.63) is 78.6 Å². The zero-order chi connectivity index (χ0) is 31.0. The SMILES string of the molecule is CC(C)(C)OC(=O)N1CC(C(O)CC2c3ccccc3-c3cn(-c4ccc5c(c4)C(CC(O)C4CNC4)n4cncc4-5)c[n+]32)C1. The minimum absolute atomic E-state index is 0.0109. The lowest BCUT2D eigenvalue weighted by Gasteiger charge is -2.42. The largest absolute Gasteiger partial charge is 0.444 e. The van der Waals surface area contributed by atoms with Crippen LogP contribution in [0.25, 0.3) is 28.2 Å². The number of amides is 1. The van der Waals surface area contributed by atoms with Crippen LogP contribution in [0.5, 0.6) is 0 Å². The molecule has 2 saturated heterocycles. The highest BCUT2D eigenvalue weighted by atomic mass is 16.6. The molecule has 2 aromatic heterocycles. The number of ether oxygens (including phenoxy) is 1. The number of fused-ring (bicyclic) bond motifs is 6. The molecule has 6 heterocycles. The Balaban J connectivity index is 1.05. The summed E-state index contributed by atoms with van der Waals surface area (Å²) in [5, 5.41) is 25.6. The van der Waals surface area contributed by atoms with Gasteiger partial charge in [0.1, 0.15) is 23.5 Å². The van der Waals surface area contributed by atoms with E-state index >= 15 is 0 Å². The van der Waals surface area contributed by atoms with Crippen LogP contribution >= 0.6 is 0 Å². The van der Waals surface area contributed by atoms with Gasteiger partial charge in [-0.25, -0.2) is 18.9 Å². The summed E-state index contributed by atoms with van der Waals surface area (Å²) in [4.78, 5) is 18.5. The van der Waals surface area contributed by atoms with E-state index in [1.807, 2.05) is 33.3 Å². The van der Waals surface area contributed by atoms with Gasteiger partial charge in [-0.15, -0.1) is 0 Å². The number of aliphatic hydroxyl groups is 2. The number of aliphatic hydroxyl groups excluding tert-OH is 2. The van der Waals surface area contributed by atoms with Crippen molar-refractivity contribution in [2.24, 2.45) is 11.8 Å². The van der Waals surface area contributed by atoms with Crippen LogP contribution in [0, 0.1) is 11.8 Å². The fourth-order valence-electron chi connectivity index (χ4n) is 7.47. The minimum atomic E-state index is -0.551. The van der Waals surface area contributed by atoms with E-state index in [9.17, 15) is 15.0 Å². The molecule has 4 aliphatic heterocycles. The van der Waals surface area contributed by atoms with E-state index in [0.29, 0.717) is 31.8 Å². The van der Waals surface area contributed by atoms with Gasteiger partial charge in [-0.05, 0) is 51.0 Å². The van der Waals surface area contributed by atoms with Crippen molar-refractivity contribution >= 4 is 6.09 Å². The molecule has 10 heteroatoms. The number of carbonyl (C=O) groups is 1. The summed E-state index contributed by atoms with van der Waals surface area (Å²) >= 11 is 0. The van der Waals surface area contributed by atoms with Crippen molar-refractivity contribution in [1.29, 1.82) is 0 Å². The molecule has 234 valence electrons. The molecule has 2 fully saturated rings. The first-order valence-electron chi connectivity index (χ1n) is 16.1. The summed E-state index contributed by atoms with van der Waals surface area (Å²) in [5.74, 6) is 0.309. The molecule has 1 amide bonds. The fraction of sp³-hybridized carbons (Fsp3) is 0.457. The van der Waals surface area contributed by atoms with Crippen LogP contribution in [0.4, 0.5) is 4.79 Å². The molecule has 0 bridgehead atoms. The Labute approximate surface area is 262 Å². The summed E-state index contributed by atoms with van der Waals surface area (Å²) in [6, 6.07) is 15.0. The van der Waals surface area contributed by atoms with E-state index in [2.05, 4.69) is 79.0 Å². The van der Waals surface area contributed by atoms with E-state index in [1.165, 1.54) is 22.3 Å². The summed E-state index contributed by atoms with van der Waals surface area (Å²) in [6.45, 7) is 8.33. The summed E-state index contributed by atoms with van der Waals surface area (Å²) in [7, 11) is 0. The lowest BCUT2D eigenvalue weighted by Crippen LogP contribution is -2.56. The first-order chi connectivity index (χ1) is 21.6. The number of imidazole rings is 2. The van der Waals surface area contributed by atoms with E-state index in [0.717, 1.165) is 30.2 Å². The van der Waals surface area contributed by atoms with Gasteiger partial charge in [-0.2, -0.15) is 0 Å². The van der Waals surface area contributed by atoms with Gasteiger partial charge in [0.05, 0.1) is 36.5 Å². The molecule has 4 aromatic rings. The smallest absolute Gasteiger partial charge is 0.410 e. The third kappa shape index (κ3) is 4.86. The molecule has 10 nitrogen and oxygen atoms in total. The predicted molar refractivity (Wildman–Crippen MR) is 168 cm³/mol. The summed E-state index contributed by atoms with van der Waals surface area (Å²) < 4.78 is 12.2. The van der Waals surface area contributed by atoms with E-state index in [-0.39, 0.29) is 30.2 Å². The lowest BCUT2D eigenvalue weighted by atomic mass is 9.88. The quantitative estimate of drug-likeness (QED) is 0.276. The number of rotatable bonds is 7. The van der Waals surface area contributed by atoms with Gasteiger partial charge in [0.15, 0.2) is 5.69 Å². The zero-order valence-corrected chi connectivity index (χ0v) is 26.0. The number of benzene rings is 2. The zero-order valence-electron chi connectivity index (χ0n) is 26.0. The Hall–Kier alpha value is -3.99. The van der Waals surface area contributed by atoms with Crippen LogP contribution in [-0.2, 0) is 4.74 Å². The second-order valence-corrected chi connectivity index (χ2v) is 14.2. The highest BCUT2D eigenvalue weighted by Crippen LogP contribution is 2.44. The van der Waals surface area contributed by atoms with Crippen LogP contribution in [0.1, 0.15) is 56.8 Å². The van der Waals surface area contributed by atoms with Crippen LogP contribution in [-0.4, -0.2) is 79.3 Å². The maximum atomic E-state index is 12.5. The Kier molecular flexibility index (Phi) is 6.67. The number of nitrogens with one attached hydrogen (secondary N) is 1. The topological polar surface area (TPSA) is 109 Å². The number of aromatic nitrogens is 4. The molecule has 3 N–H and O–H groups in total. The Morgan fingerprint density at radius 3 is 2.58 bits per heavy atom. The molecule has 0 spiro atoms. The Morgan fingerprint density at radius 1 is 1.04 bits per heavy atom. The third-order valence-corrected chi connectivity index (χ3v) is 10.1.